The van der Waals surface area contributed by atoms with Crippen LogP contribution in [0.2, 0.25) is 0 Å². The van der Waals surface area contributed by atoms with Gasteiger partial charge in [0.15, 0.2) is 5.69 Å². The summed E-state index contributed by atoms with van der Waals surface area (Å²) in [5, 5.41) is 11.9. The number of carboxylic acid groups (broad SMARTS) is 1. The Morgan fingerprint density at radius 1 is 1.37 bits per heavy atom. The second kappa shape index (κ2) is 5.71. The molecule has 0 amide bonds. The van der Waals surface area contributed by atoms with Crippen molar-refractivity contribution in [2.24, 2.45) is 0 Å². The molecule has 2 rings (SSSR count). The fourth-order valence-electron chi connectivity index (χ4n) is 1.51. The first kappa shape index (κ1) is 13.4. The zero-order chi connectivity index (χ0) is 13.8. The molecule has 5 nitrogen and oxygen atoms in total. The van der Waals surface area contributed by atoms with E-state index in [1.54, 1.807) is 25.3 Å². The predicted octanol–water partition coefficient (Wildman–Crippen LogP) is 3.29. The minimum atomic E-state index is -1.06. The summed E-state index contributed by atoms with van der Waals surface area (Å²) in [6, 6.07) is 10.2. The Bertz CT molecular complexity index is 617. The smallest absolute Gasteiger partial charge is 0.354 e. The topological polar surface area (TPSA) is 71.5 Å². The number of halogens is 1. The van der Waals surface area contributed by atoms with Crippen molar-refractivity contribution in [3.05, 3.63) is 46.6 Å². The summed E-state index contributed by atoms with van der Waals surface area (Å²) >= 11 is 3.36. The van der Waals surface area contributed by atoms with E-state index in [1.807, 2.05) is 12.1 Å². The zero-order valence-electron chi connectivity index (χ0n) is 10.1. The number of benzene rings is 1. The highest BCUT2D eigenvalue weighted by Crippen LogP contribution is 2.29. The summed E-state index contributed by atoms with van der Waals surface area (Å²) in [6.07, 6.45) is 0. The molecule has 6 heteroatoms. The molecule has 0 aliphatic rings. The van der Waals surface area contributed by atoms with E-state index in [0.29, 0.717) is 11.6 Å². The molecule has 0 radical (unpaired) electrons. The molecule has 0 aliphatic heterocycles. The third-order valence-electron chi connectivity index (χ3n) is 2.39. The molecule has 0 atom stereocenters. The number of ether oxygens (including phenoxy) is 1. The molecule has 1 heterocycles. The largest absolute Gasteiger partial charge is 0.495 e. The highest BCUT2D eigenvalue weighted by molar-refractivity contribution is 9.10. The molecule has 1 aromatic heterocycles. The molecule has 1 aromatic carbocycles. The van der Waals surface area contributed by atoms with Crippen LogP contribution in [-0.2, 0) is 0 Å². The van der Waals surface area contributed by atoms with Crippen molar-refractivity contribution < 1.29 is 14.6 Å². The number of hydrogen-bond acceptors (Lipinski definition) is 4. The van der Waals surface area contributed by atoms with Crippen LogP contribution in [-0.4, -0.2) is 23.2 Å². The highest BCUT2D eigenvalue weighted by Gasteiger charge is 2.06. The number of anilines is 2. The number of nitrogens with zero attached hydrogens (tertiary/aromatic N) is 1. The van der Waals surface area contributed by atoms with Crippen LogP contribution in [0.15, 0.2) is 40.9 Å². The van der Waals surface area contributed by atoms with E-state index in [1.165, 1.54) is 6.07 Å². The fraction of sp³-hybridized carbons (Fsp3) is 0.0769. The number of nitrogens with one attached hydrogen (secondary N) is 1. The van der Waals surface area contributed by atoms with Crippen LogP contribution in [0.4, 0.5) is 11.5 Å². The Morgan fingerprint density at radius 2 is 2.16 bits per heavy atom. The second-order valence-electron chi connectivity index (χ2n) is 3.69. The first-order valence-electron chi connectivity index (χ1n) is 5.41. The van der Waals surface area contributed by atoms with Gasteiger partial charge in [0.1, 0.15) is 11.6 Å². The Hall–Kier alpha value is -2.08. The van der Waals surface area contributed by atoms with Gasteiger partial charge in [-0.2, -0.15) is 0 Å². The molecule has 0 unspecified atom stereocenters. The molecule has 2 N–H and O–H groups in total. The van der Waals surface area contributed by atoms with E-state index < -0.39 is 5.97 Å². The van der Waals surface area contributed by atoms with Crippen molar-refractivity contribution in [2.45, 2.75) is 0 Å². The summed E-state index contributed by atoms with van der Waals surface area (Å²) in [5.41, 5.74) is 0.754. The van der Waals surface area contributed by atoms with Gasteiger partial charge in [0.05, 0.1) is 11.6 Å². The summed E-state index contributed by atoms with van der Waals surface area (Å²) in [4.78, 5) is 14.8. The molecule has 0 aliphatic carbocycles. The van der Waals surface area contributed by atoms with Crippen LogP contribution in [0, 0.1) is 0 Å². The molecular formula is C13H11BrN2O3. The first-order chi connectivity index (χ1) is 9.10. The van der Waals surface area contributed by atoms with Gasteiger partial charge in [-0.05, 0) is 40.2 Å². The van der Waals surface area contributed by atoms with E-state index in [0.717, 1.165) is 10.2 Å². The van der Waals surface area contributed by atoms with Gasteiger partial charge in [-0.3, -0.25) is 0 Å². The molecular weight excluding hydrogens is 312 g/mol. The molecule has 0 spiro atoms. The van der Waals surface area contributed by atoms with Crippen molar-refractivity contribution >= 4 is 33.4 Å². The number of aromatic carboxylic acids is 1. The van der Waals surface area contributed by atoms with Crippen molar-refractivity contribution in [1.82, 2.24) is 4.98 Å². The van der Waals surface area contributed by atoms with E-state index in [9.17, 15) is 4.79 Å². The minimum Gasteiger partial charge on any atom is -0.495 e. The molecule has 98 valence electrons. The molecule has 0 bridgehead atoms. The van der Waals surface area contributed by atoms with Crippen LogP contribution in [0.3, 0.4) is 0 Å². The Balaban J connectivity index is 2.26. The summed E-state index contributed by atoms with van der Waals surface area (Å²) < 4.78 is 6.02. The van der Waals surface area contributed by atoms with Crippen molar-refractivity contribution in [2.75, 3.05) is 12.4 Å². The van der Waals surface area contributed by atoms with Crippen LogP contribution in [0.25, 0.3) is 0 Å². The lowest BCUT2D eigenvalue weighted by molar-refractivity contribution is 0.0690. The van der Waals surface area contributed by atoms with Gasteiger partial charge in [0.25, 0.3) is 0 Å². The molecule has 19 heavy (non-hydrogen) atoms. The van der Waals surface area contributed by atoms with E-state index in [2.05, 4.69) is 26.2 Å². The van der Waals surface area contributed by atoms with E-state index >= 15 is 0 Å². The van der Waals surface area contributed by atoms with Crippen LogP contribution in [0.5, 0.6) is 5.75 Å². The molecule has 0 fully saturated rings. The maximum absolute atomic E-state index is 10.8. The number of carboxylic acids is 1. The van der Waals surface area contributed by atoms with Crippen molar-refractivity contribution in [3.8, 4) is 5.75 Å². The number of methoxy groups -OCH3 is 1. The molecule has 0 saturated heterocycles. The fourth-order valence-corrected chi connectivity index (χ4v) is 1.92. The average Bonchev–Trinajstić information content (AvgIpc) is 2.41. The summed E-state index contributed by atoms with van der Waals surface area (Å²) in [7, 11) is 1.58. The average molecular weight is 323 g/mol. The number of pyridine rings is 1. The number of carbonyl (C=O) groups is 1. The third kappa shape index (κ3) is 3.23. The normalized spacial score (nSPS) is 10.0. The van der Waals surface area contributed by atoms with Crippen LogP contribution in [0.1, 0.15) is 10.5 Å². The number of rotatable bonds is 4. The first-order valence-corrected chi connectivity index (χ1v) is 6.20. The quantitative estimate of drug-likeness (QED) is 0.903. The summed E-state index contributed by atoms with van der Waals surface area (Å²) in [6.45, 7) is 0. The summed E-state index contributed by atoms with van der Waals surface area (Å²) in [5.74, 6) is 0.0840. The lowest BCUT2D eigenvalue weighted by Crippen LogP contribution is -2.02. The van der Waals surface area contributed by atoms with Crippen molar-refractivity contribution in [1.29, 1.82) is 0 Å². The van der Waals surface area contributed by atoms with Gasteiger partial charge in [-0.15, -0.1) is 0 Å². The third-order valence-corrected chi connectivity index (χ3v) is 3.05. The monoisotopic (exact) mass is 322 g/mol. The van der Waals surface area contributed by atoms with Crippen LogP contribution >= 0.6 is 15.9 Å². The Labute approximate surface area is 118 Å². The van der Waals surface area contributed by atoms with Gasteiger partial charge in [0, 0.05) is 11.8 Å². The highest BCUT2D eigenvalue weighted by atomic mass is 79.9. The number of aromatic nitrogens is 1. The zero-order valence-corrected chi connectivity index (χ0v) is 11.6. The lowest BCUT2D eigenvalue weighted by Gasteiger charge is -2.09. The number of hydrogen-bond donors (Lipinski definition) is 2. The molecule has 2 aromatic rings. The van der Waals surface area contributed by atoms with Gasteiger partial charge < -0.3 is 15.2 Å². The maximum Gasteiger partial charge on any atom is 0.354 e. The lowest BCUT2D eigenvalue weighted by atomic mass is 10.3. The molecule has 0 saturated carbocycles. The second-order valence-corrected chi connectivity index (χ2v) is 4.54. The standard InChI is InChI=1S/C13H11BrN2O3/c1-19-11-7-8(5-6-9(11)14)15-12-4-2-3-10(16-12)13(17)18/h2-7H,1H3,(H,15,16)(H,17,18). The van der Waals surface area contributed by atoms with Gasteiger partial charge in [-0.1, -0.05) is 6.07 Å². The minimum absolute atomic E-state index is 0.00548. The van der Waals surface area contributed by atoms with Gasteiger partial charge in [0.2, 0.25) is 0 Å². The van der Waals surface area contributed by atoms with Gasteiger partial charge >= 0.3 is 5.97 Å². The van der Waals surface area contributed by atoms with Crippen molar-refractivity contribution in [3.63, 3.8) is 0 Å². The van der Waals surface area contributed by atoms with Gasteiger partial charge in [-0.25, -0.2) is 9.78 Å². The SMILES string of the molecule is COc1cc(Nc2cccc(C(=O)O)n2)ccc1Br. The Kier molecular flexibility index (Phi) is 4.01. The van der Waals surface area contributed by atoms with E-state index in [-0.39, 0.29) is 5.69 Å². The maximum atomic E-state index is 10.8. The van der Waals surface area contributed by atoms with Crippen LogP contribution < -0.4 is 10.1 Å². The van der Waals surface area contributed by atoms with E-state index in [4.69, 9.17) is 9.84 Å². The predicted molar refractivity (Wildman–Crippen MR) is 75.2 cm³/mol. The Morgan fingerprint density at radius 3 is 2.84 bits per heavy atom.